The summed E-state index contributed by atoms with van der Waals surface area (Å²) in [7, 11) is 3.16. The van der Waals surface area contributed by atoms with Crippen LogP contribution in [0.25, 0.3) is 16.8 Å². The molecule has 2 aliphatic rings. The number of hydrogen-bond donors (Lipinski definition) is 2. The van der Waals surface area contributed by atoms with Crippen molar-refractivity contribution in [2.45, 2.75) is 64.3 Å². The molecule has 220 valence electrons. The molecule has 3 atom stereocenters. The Morgan fingerprint density at radius 1 is 1.17 bits per heavy atom. The fourth-order valence-electron chi connectivity index (χ4n) is 6.35. The van der Waals surface area contributed by atoms with Crippen LogP contribution in [0.15, 0.2) is 65.5 Å². The zero-order valence-corrected chi connectivity index (χ0v) is 24.9. The summed E-state index contributed by atoms with van der Waals surface area (Å²) >= 11 is 0. The Balaban J connectivity index is 1.50. The molecule has 9 nitrogen and oxygen atoms in total. The van der Waals surface area contributed by atoms with Gasteiger partial charge in [0.05, 0.1) is 29.9 Å². The Bertz CT molecular complexity index is 1510. The summed E-state index contributed by atoms with van der Waals surface area (Å²) in [4.78, 5) is 28.6. The van der Waals surface area contributed by atoms with Crippen LogP contribution in [-0.4, -0.2) is 53.3 Å². The van der Waals surface area contributed by atoms with Gasteiger partial charge in [0.2, 0.25) is 0 Å². The first-order chi connectivity index (χ1) is 20.4. The average Bonchev–Trinajstić information content (AvgIpc) is 3.73. The molecule has 42 heavy (non-hydrogen) atoms. The molecule has 0 spiro atoms. The van der Waals surface area contributed by atoms with E-state index in [4.69, 9.17) is 15.4 Å². The van der Waals surface area contributed by atoms with Crippen LogP contribution in [0.3, 0.4) is 0 Å². The van der Waals surface area contributed by atoms with Gasteiger partial charge in [-0.15, -0.1) is 0 Å². The van der Waals surface area contributed by atoms with E-state index in [0.717, 1.165) is 61.2 Å². The molecule has 9 heteroatoms. The quantitative estimate of drug-likeness (QED) is 0.211. The van der Waals surface area contributed by atoms with Gasteiger partial charge in [0, 0.05) is 43.2 Å². The number of nitrogens with one attached hydrogen (secondary N) is 2. The maximum atomic E-state index is 13.6. The van der Waals surface area contributed by atoms with Crippen molar-refractivity contribution in [1.29, 1.82) is 5.53 Å². The Hall–Kier alpha value is -4.27. The fourth-order valence-corrected chi connectivity index (χ4v) is 6.35. The molecule has 2 unspecified atom stereocenters. The van der Waals surface area contributed by atoms with Crippen molar-refractivity contribution in [2.75, 3.05) is 20.7 Å². The van der Waals surface area contributed by atoms with E-state index in [9.17, 15) is 9.59 Å². The Labute approximate surface area is 247 Å². The number of carbonyl (C=O) groups excluding carboxylic acids is 2. The summed E-state index contributed by atoms with van der Waals surface area (Å²) in [5, 5.41) is 11.5. The zero-order chi connectivity index (χ0) is 29.8. The number of rotatable bonds is 10. The number of hydrogen-bond acceptors (Lipinski definition) is 7. The number of aryl methyl sites for hydroxylation is 1. The van der Waals surface area contributed by atoms with Crippen LogP contribution in [-0.2, 0) is 4.74 Å². The summed E-state index contributed by atoms with van der Waals surface area (Å²) in [6, 6.07) is 16.2. The molecule has 2 aromatic carbocycles. The second-order valence-electron chi connectivity index (χ2n) is 11.2. The highest BCUT2D eigenvalue weighted by atomic mass is 16.5. The summed E-state index contributed by atoms with van der Waals surface area (Å²) in [6.07, 6.45) is 7.90. The van der Waals surface area contributed by atoms with E-state index in [0.29, 0.717) is 28.6 Å². The van der Waals surface area contributed by atoms with Crippen molar-refractivity contribution in [2.24, 2.45) is 11.0 Å². The van der Waals surface area contributed by atoms with E-state index in [2.05, 4.69) is 22.3 Å². The topological polar surface area (TPSA) is 113 Å². The highest BCUT2D eigenvalue weighted by Crippen LogP contribution is 2.53. The van der Waals surface area contributed by atoms with Gasteiger partial charge in [-0.3, -0.25) is 4.79 Å². The highest BCUT2D eigenvalue weighted by molar-refractivity contribution is 5.96. The van der Waals surface area contributed by atoms with E-state index >= 15 is 0 Å². The summed E-state index contributed by atoms with van der Waals surface area (Å²) in [5.41, 5.74) is 13.5. The summed E-state index contributed by atoms with van der Waals surface area (Å²) in [6.45, 7) is 4.81. The molecule has 5 rings (SSSR count). The van der Waals surface area contributed by atoms with E-state index in [1.54, 1.807) is 13.2 Å². The Morgan fingerprint density at radius 3 is 2.64 bits per heavy atom. The normalized spacial score (nSPS) is 20.2. The van der Waals surface area contributed by atoms with Gasteiger partial charge >= 0.3 is 5.97 Å². The lowest BCUT2D eigenvalue weighted by Crippen LogP contribution is -2.43. The lowest BCUT2D eigenvalue weighted by atomic mass is 9.96. The van der Waals surface area contributed by atoms with Gasteiger partial charge in [-0.05, 0) is 74.4 Å². The number of aromatic nitrogens is 2. The van der Waals surface area contributed by atoms with Crippen molar-refractivity contribution in [3.63, 3.8) is 0 Å². The standard InChI is InChI=1S/C33H40N6O3/c1-5-10-25-14-6-7-16-38(25)32(40)24-13-8-11-22(17-24)23-12-9-15-26(18-23)39-31(30(21(2)37-39)33(41)42-4)28-19-27(28)29(36-34)20-35-3/h8-9,11-13,15,17-18,20,25,27-28,34-35H,5-7,10,14,16,19H2,1-4H3/b29-20-,36-34?/t25-,27?,28?/m1/s1. The number of allylic oxidation sites excluding steroid dienone is 1. The second kappa shape index (κ2) is 12.7. The van der Waals surface area contributed by atoms with Crippen molar-refractivity contribution in [3.05, 3.63) is 82.9 Å². The minimum atomic E-state index is -0.428. The van der Waals surface area contributed by atoms with Crippen LogP contribution in [0.2, 0.25) is 0 Å². The van der Waals surface area contributed by atoms with Gasteiger partial charge in [0.1, 0.15) is 5.56 Å². The minimum Gasteiger partial charge on any atom is -0.465 e. The van der Waals surface area contributed by atoms with Crippen LogP contribution < -0.4 is 5.32 Å². The number of piperidine rings is 1. The van der Waals surface area contributed by atoms with Crippen LogP contribution >= 0.6 is 0 Å². The molecule has 2 fully saturated rings. The number of nitrogens with zero attached hydrogens (tertiary/aromatic N) is 4. The van der Waals surface area contributed by atoms with Crippen LogP contribution in [0.5, 0.6) is 0 Å². The highest BCUT2D eigenvalue weighted by Gasteiger charge is 2.46. The molecule has 0 radical (unpaired) electrons. The maximum absolute atomic E-state index is 13.6. The number of ether oxygens (including phenoxy) is 1. The number of carbonyl (C=O) groups is 2. The van der Waals surface area contributed by atoms with Gasteiger partial charge in [-0.25, -0.2) is 15.0 Å². The predicted octanol–water partition coefficient (Wildman–Crippen LogP) is 6.62. The van der Waals surface area contributed by atoms with E-state index in [-0.39, 0.29) is 17.7 Å². The first kappa shape index (κ1) is 29.2. The molecule has 2 heterocycles. The molecular formula is C33H40N6O3. The maximum Gasteiger partial charge on any atom is 0.341 e. The number of amides is 1. The van der Waals surface area contributed by atoms with Gasteiger partial charge in [0.25, 0.3) is 5.91 Å². The van der Waals surface area contributed by atoms with Crippen LogP contribution in [0.1, 0.15) is 83.5 Å². The molecule has 0 bridgehead atoms. The van der Waals surface area contributed by atoms with Crippen LogP contribution in [0, 0.1) is 18.4 Å². The smallest absolute Gasteiger partial charge is 0.341 e. The molecule has 1 aliphatic carbocycles. The van der Waals surface area contributed by atoms with Crippen molar-refractivity contribution >= 4 is 11.9 Å². The lowest BCUT2D eigenvalue weighted by molar-refractivity contribution is 0.0591. The zero-order valence-electron chi connectivity index (χ0n) is 24.9. The number of likely N-dealkylation sites (tertiary alicyclic amines) is 1. The van der Waals surface area contributed by atoms with E-state index in [1.807, 2.05) is 60.1 Å². The van der Waals surface area contributed by atoms with Gasteiger partial charge < -0.3 is 15.0 Å². The van der Waals surface area contributed by atoms with Crippen LogP contribution in [0.4, 0.5) is 0 Å². The number of esters is 1. The molecule has 1 aliphatic heterocycles. The molecular weight excluding hydrogens is 528 g/mol. The molecule has 1 saturated carbocycles. The summed E-state index contributed by atoms with van der Waals surface area (Å²) < 4.78 is 6.97. The first-order valence-corrected chi connectivity index (χ1v) is 14.9. The molecule has 1 saturated heterocycles. The van der Waals surface area contributed by atoms with Crippen molar-refractivity contribution in [1.82, 2.24) is 20.0 Å². The van der Waals surface area contributed by atoms with Gasteiger partial charge in [-0.2, -0.15) is 10.2 Å². The molecule has 1 amide bonds. The molecule has 3 aromatic rings. The van der Waals surface area contributed by atoms with Gasteiger partial charge in [0.15, 0.2) is 0 Å². The van der Waals surface area contributed by atoms with Gasteiger partial charge in [-0.1, -0.05) is 37.6 Å². The predicted molar refractivity (Wildman–Crippen MR) is 162 cm³/mol. The molecule has 1 aromatic heterocycles. The van der Waals surface area contributed by atoms with E-state index in [1.165, 1.54) is 13.5 Å². The lowest BCUT2D eigenvalue weighted by Gasteiger charge is -2.36. The van der Waals surface area contributed by atoms with Crippen molar-refractivity contribution in [3.8, 4) is 16.8 Å². The fraction of sp³-hybridized carbons (Fsp3) is 0.424. The Morgan fingerprint density at radius 2 is 1.93 bits per heavy atom. The van der Waals surface area contributed by atoms with Crippen molar-refractivity contribution < 1.29 is 14.3 Å². The first-order valence-electron chi connectivity index (χ1n) is 14.9. The largest absolute Gasteiger partial charge is 0.465 e. The van der Waals surface area contributed by atoms with E-state index < -0.39 is 5.97 Å². The summed E-state index contributed by atoms with van der Waals surface area (Å²) in [5.74, 6) is -0.351. The number of benzene rings is 2. The monoisotopic (exact) mass is 568 g/mol. The third-order valence-corrected chi connectivity index (χ3v) is 8.47. The Kier molecular flexibility index (Phi) is 8.85. The minimum absolute atomic E-state index is 0.00500. The second-order valence-corrected chi connectivity index (χ2v) is 11.2. The third-order valence-electron chi connectivity index (χ3n) is 8.47. The third kappa shape index (κ3) is 5.73. The number of methoxy groups -OCH3 is 1. The molecule has 2 N–H and O–H groups in total. The average molecular weight is 569 g/mol. The SMILES string of the molecule is CCC[C@@H]1CCCCN1C(=O)c1cccc(-c2cccc(-n3nc(C)c(C(=O)OC)c3C3CC3/C(=C/NC)N=N)c2)c1.